The second kappa shape index (κ2) is 12.6. The number of methoxy groups -OCH3 is 2. The summed E-state index contributed by atoms with van der Waals surface area (Å²) in [6.07, 6.45) is 3.75. The number of benzene rings is 3. The van der Waals surface area contributed by atoms with Gasteiger partial charge in [-0.25, -0.2) is 0 Å². The molecule has 0 atom stereocenters. The first kappa shape index (κ1) is 30.8. The summed E-state index contributed by atoms with van der Waals surface area (Å²) in [5.41, 5.74) is 3.26. The van der Waals surface area contributed by atoms with E-state index in [0.717, 1.165) is 18.1 Å². The second-order valence-corrected chi connectivity index (χ2v) is 12.2. The zero-order valence-electron chi connectivity index (χ0n) is 23.0. The van der Waals surface area contributed by atoms with Gasteiger partial charge in [0.15, 0.2) is 11.5 Å². The average Bonchev–Trinajstić information content (AvgIpc) is 2.86. The summed E-state index contributed by atoms with van der Waals surface area (Å²) in [6.45, 7) is 3.88. The van der Waals surface area contributed by atoms with Gasteiger partial charge in [0.05, 0.1) is 38.9 Å². The molecule has 0 saturated heterocycles. The van der Waals surface area contributed by atoms with E-state index in [2.05, 4.69) is 0 Å². The lowest BCUT2D eigenvalue weighted by atomic mass is 9.95. The fourth-order valence-corrected chi connectivity index (χ4v) is 4.78. The van der Waals surface area contributed by atoms with Crippen LogP contribution in [0.3, 0.4) is 0 Å². The SMILES string of the molecule is COc1cc(-c2ccc(OS(C)(=O)=O)cc2)c(OC)c(OS(C)(=O)=O)c1-c1ccc(OCC=C(C)C)c(CO)c1. The Morgan fingerprint density at radius 3 is 1.95 bits per heavy atom. The topological polar surface area (TPSA) is 135 Å². The maximum absolute atomic E-state index is 12.4. The van der Waals surface area contributed by atoms with Crippen LogP contribution >= 0.6 is 0 Å². The van der Waals surface area contributed by atoms with Gasteiger partial charge in [0.2, 0.25) is 0 Å². The first-order valence-corrected chi connectivity index (χ1v) is 15.6. The molecule has 0 spiro atoms. The van der Waals surface area contributed by atoms with E-state index >= 15 is 0 Å². The van der Waals surface area contributed by atoms with Crippen LogP contribution in [0.15, 0.2) is 60.2 Å². The summed E-state index contributed by atoms with van der Waals surface area (Å²) in [7, 11) is -4.97. The average molecular weight is 593 g/mol. The van der Waals surface area contributed by atoms with Crippen molar-refractivity contribution in [1.29, 1.82) is 0 Å². The van der Waals surface area contributed by atoms with Crippen molar-refractivity contribution in [3.63, 3.8) is 0 Å². The molecule has 0 unspecified atom stereocenters. The molecule has 0 aliphatic carbocycles. The number of aliphatic hydroxyl groups excluding tert-OH is 1. The van der Waals surface area contributed by atoms with Crippen LogP contribution in [0.25, 0.3) is 22.3 Å². The fraction of sp³-hybridized carbons (Fsp3) is 0.286. The summed E-state index contributed by atoms with van der Waals surface area (Å²) in [5.74, 6) is 0.788. The van der Waals surface area contributed by atoms with Crippen LogP contribution in [0.1, 0.15) is 19.4 Å². The third-order valence-electron chi connectivity index (χ3n) is 5.52. The van der Waals surface area contributed by atoms with Crippen LogP contribution < -0.4 is 22.6 Å². The van der Waals surface area contributed by atoms with Crippen LogP contribution in [-0.2, 0) is 26.8 Å². The maximum Gasteiger partial charge on any atom is 0.306 e. The van der Waals surface area contributed by atoms with Gasteiger partial charge in [-0.15, -0.1) is 0 Å². The predicted molar refractivity (Wildman–Crippen MR) is 152 cm³/mol. The molecule has 3 aromatic carbocycles. The van der Waals surface area contributed by atoms with Gasteiger partial charge in [-0.1, -0.05) is 23.8 Å². The maximum atomic E-state index is 12.4. The molecule has 0 saturated carbocycles. The highest BCUT2D eigenvalue weighted by Crippen LogP contribution is 2.51. The van der Waals surface area contributed by atoms with E-state index in [1.807, 2.05) is 19.9 Å². The minimum absolute atomic E-state index is 0.0902. The number of rotatable bonds is 12. The number of hydrogen-bond acceptors (Lipinski definition) is 10. The molecule has 1 N–H and O–H groups in total. The summed E-state index contributed by atoms with van der Waals surface area (Å²) in [5, 5.41) is 10.0. The Kier molecular flexibility index (Phi) is 9.72. The molecule has 40 heavy (non-hydrogen) atoms. The zero-order valence-corrected chi connectivity index (χ0v) is 24.7. The molecule has 12 heteroatoms. The quantitative estimate of drug-likeness (QED) is 0.236. The van der Waals surface area contributed by atoms with E-state index in [0.29, 0.717) is 34.6 Å². The van der Waals surface area contributed by atoms with Gasteiger partial charge in [0.1, 0.15) is 23.9 Å². The van der Waals surface area contributed by atoms with E-state index in [9.17, 15) is 21.9 Å². The van der Waals surface area contributed by atoms with Crippen LogP contribution in [0.4, 0.5) is 0 Å². The molecule has 10 nitrogen and oxygen atoms in total. The second-order valence-electron chi connectivity index (χ2n) is 9.04. The molecule has 3 rings (SSSR count). The summed E-state index contributed by atoms with van der Waals surface area (Å²) in [4.78, 5) is 0. The Hall–Kier alpha value is -3.74. The summed E-state index contributed by atoms with van der Waals surface area (Å²) < 4.78 is 75.2. The third kappa shape index (κ3) is 7.90. The van der Waals surface area contributed by atoms with Crippen molar-refractivity contribution in [2.24, 2.45) is 0 Å². The first-order valence-electron chi connectivity index (χ1n) is 11.9. The molecule has 216 valence electrons. The molecule has 0 amide bonds. The molecular weight excluding hydrogens is 560 g/mol. The summed E-state index contributed by atoms with van der Waals surface area (Å²) >= 11 is 0. The molecule has 0 radical (unpaired) electrons. The molecule has 0 aromatic heterocycles. The molecule has 0 heterocycles. The molecule has 0 bridgehead atoms. The van der Waals surface area contributed by atoms with Gasteiger partial charge in [0, 0.05) is 11.1 Å². The molecule has 0 aliphatic heterocycles. The van der Waals surface area contributed by atoms with E-state index < -0.39 is 20.2 Å². The number of ether oxygens (including phenoxy) is 3. The lowest BCUT2D eigenvalue weighted by Gasteiger charge is -2.21. The highest BCUT2D eigenvalue weighted by Gasteiger charge is 2.27. The Morgan fingerprint density at radius 1 is 0.800 bits per heavy atom. The lowest BCUT2D eigenvalue weighted by molar-refractivity contribution is 0.270. The third-order valence-corrected chi connectivity index (χ3v) is 6.49. The molecular formula is C28H32O10S2. The minimum Gasteiger partial charge on any atom is -0.496 e. The first-order chi connectivity index (χ1) is 18.8. The minimum atomic E-state index is -4.04. The van der Waals surface area contributed by atoms with Gasteiger partial charge >= 0.3 is 20.2 Å². The Labute approximate surface area is 235 Å². The van der Waals surface area contributed by atoms with Gasteiger partial charge in [0.25, 0.3) is 0 Å². The number of aliphatic hydroxyl groups is 1. The smallest absolute Gasteiger partial charge is 0.306 e. The molecule has 0 fully saturated rings. The van der Waals surface area contributed by atoms with Crippen LogP contribution in [0.2, 0.25) is 0 Å². The largest absolute Gasteiger partial charge is 0.496 e. The Balaban J connectivity index is 2.24. The van der Waals surface area contributed by atoms with Crippen molar-refractivity contribution in [1.82, 2.24) is 0 Å². The van der Waals surface area contributed by atoms with Crippen molar-refractivity contribution in [3.05, 3.63) is 65.7 Å². The van der Waals surface area contributed by atoms with Crippen molar-refractivity contribution in [3.8, 4) is 51.0 Å². The monoisotopic (exact) mass is 592 g/mol. The van der Waals surface area contributed by atoms with Crippen LogP contribution in [-0.4, -0.2) is 55.3 Å². The number of allylic oxidation sites excluding steroid dienone is 1. The van der Waals surface area contributed by atoms with Crippen molar-refractivity contribution < 1.29 is 44.5 Å². The normalized spacial score (nSPS) is 11.5. The van der Waals surface area contributed by atoms with E-state index in [1.54, 1.807) is 36.4 Å². The van der Waals surface area contributed by atoms with Gasteiger partial charge in [-0.3, -0.25) is 0 Å². The Bertz CT molecular complexity index is 1600. The predicted octanol–water partition coefficient (Wildman–Crippen LogP) is 4.55. The van der Waals surface area contributed by atoms with Gasteiger partial charge in [-0.05, 0) is 61.4 Å². The van der Waals surface area contributed by atoms with Gasteiger partial charge < -0.3 is 27.7 Å². The van der Waals surface area contributed by atoms with E-state index in [-0.39, 0.29) is 35.2 Å². The van der Waals surface area contributed by atoms with Crippen LogP contribution in [0, 0.1) is 0 Å². The highest BCUT2D eigenvalue weighted by molar-refractivity contribution is 7.86. The van der Waals surface area contributed by atoms with Crippen molar-refractivity contribution in [2.75, 3.05) is 33.3 Å². The zero-order chi connectivity index (χ0) is 29.7. The summed E-state index contributed by atoms with van der Waals surface area (Å²) in [6, 6.07) is 12.7. The van der Waals surface area contributed by atoms with E-state index in [1.165, 1.54) is 26.4 Å². The van der Waals surface area contributed by atoms with Crippen LogP contribution in [0.5, 0.6) is 28.7 Å². The lowest BCUT2D eigenvalue weighted by Crippen LogP contribution is -2.09. The highest BCUT2D eigenvalue weighted by atomic mass is 32.2. The van der Waals surface area contributed by atoms with Crippen molar-refractivity contribution >= 4 is 20.2 Å². The van der Waals surface area contributed by atoms with Crippen molar-refractivity contribution in [2.45, 2.75) is 20.5 Å². The van der Waals surface area contributed by atoms with Gasteiger partial charge in [-0.2, -0.15) is 16.8 Å². The molecule has 0 aliphatic rings. The molecule has 3 aromatic rings. The standard InChI is InChI=1S/C28H32O10S2/c1-18(2)13-14-36-24-12-9-20(15-21(24)17-29)26-25(34-3)16-23(27(35-4)28(26)38-40(6,32)33)19-7-10-22(11-8-19)37-39(5,30)31/h7-13,15-16,29H,14,17H2,1-6H3. The van der Waals surface area contributed by atoms with E-state index in [4.69, 9.17) is 22.6 Å². The fourth-order valence-electron chi connectivity index (χ4n) is 3.86. The Morgan fingerprint density at radius 2 is 1.43 bits per heavy atom. The number of hydrogen-bond donors (Lipinski definition) is 1.